The Balaban J connectivity index is 2.01. The van der Waals surface area contributed by atoms with E-state index in [1.165, 1.54) is 5.56 Å². The molecule has 0 aliphatic carbocycles. The van der Waals surface area contributed by atoms with E-state index in [9.17, 15) is 9.18 Å². The van der Waals surface area contributed by atoms with Crippen molar-refractivity contribution in [3.63, 3.8) is 0 Å². The molecule has 0 spiro atoms. The van der Waals surface area contributed by atoms with Gasteiger partial charge >= 0.3 is 12.3 Å². The van der Waals surface area contributed by atoms with E-state index in [0.717, 1.165) is 12.0 Å². The van der Waals surface area contributed by atoms with E-state index >= 15 is 0 Å². The first-order valence-electron chi connectivity index (χ1n) is 5.81. The number of carbonyl (C=O) groups is 1. The first-order valence-corrected chi connectivity index (χ1v) is 5.81. The molecule has 0 saturated heterocycles. The van der Waals surface area contributed by atoms with Crippen molar-refractivity contribution < 1.29 is 19.0 Å². The van der Waals surface area contributed by atoms with Crippen molar-refractivity contribution in [3.05, 3.63) is 65.7 Å². The summed E-state index contributed by atoms with van der Waals surface area (Å²) in [6, 6.07) is 16.6. The van der Waals surface area contributed by atoms with Gasteiger partial charge in [0.2, 0.25) is 0 Å². The second kappa shape index (κ2) is 6.00. The van der Waals surface area contributed by atoms with Gasteiger partial charge in [0.1, 0.15) is 5.75 Å². The SMILES string of the molecule is O=C(O)C(F)Oc1ccc(Cc2ccccc2)cc1. The Morgan fingerprint density at radius 2 is 1.63 bits per heavy atom. The third-order valence-corrected chi connectivity index (χ3v) is 2.61. The maximum Gasteiger partial charge on any atom is 0.378 e. The summed E-state index contributed by atoms with van der Waals surface area (Å²) in [6.07, 6.45) is -1.57. The molecule has 0 radical (unpaired) electrons. The lowest BCUT2D eigenvalue weighted by Crippen LogP contribution is -2.21. The molecule has 0 aliphatic rings. The average molecular weight is 260 g/mol. The van der Waals surface area contributed by atoms with E-state index in [1.807, 2.05) is 30.3 Å². The van der Waals surface area contributed by atoms with Crippen LogP contribution in [0.4, 0.5) is 4.39 Å². The highest BCUT2D eigenvalue weighted by atomic mass is 19.1. The second-order valence-electron chi connectivity index (χ2n) is 4.08. The fourth-order valence-electron chi connectivity index (χ4n) is 1.69. The van der Waals surface area contributed by atoms with Gasteiger partial charge in [-0.05, 0) is 29.7 Å². The third kappa shape index (κ3) is 3.81. The van der Waals surface area contributed by atoms with Crippen LogP contribution in [0.25, 0.3) is 0 Å². The van der Waals surface area contributed by atoms with E-state index in [-0.39, 0.29) is 5.75 Å². The topological polar surface area (TPSA) is 46.5 Å². The van der Waals surface area contributed by atoms with Gasteiger partial charge in [-0.15, -0.1) is 0 Å². The Labute approximate surface area is 110 Å². The van der Waals surface area contributed by atoms with Crippen molar-refractivity contribution in [2.45, 2.75) is 12.8 Å². The molecular formula is C15H13FO3. The number of rotatable bonds is 5. The molecule has 4 heteroatoms. The molecule has 1 N–H and O–H groups in total. The molecule has 0 amide bonds. The van der Waals surface area contributed by atoms with Crippen LogP contribution in [0.5, 0.6) is 5.75 Å². The minimum Gasteiger partial charge on any atom is -0.476 e. The Morgan fingerprint density at radius 1 is 1.05 bits per heavy atom. The number of benzene rings is 2. The summed E-state index contributed by atoms with van der Waals surface area (Å²) in [7, 11) is 0. The lowest BCUT2D eigenvalue weighted by molar-refractivity contribution is -0.153. The molecule has 3 nitrogen and oxygen atoms in total. The van der Waals surface area contributed by atoms with Gasteiger partial charge in [-0.3, -0.25) is 0 Å². The third-order valence-electron chi connectivity index (χ3n) is 2.61. The Hall–Kier alpha value is -2.36. The summed E-state index contributed by atoms with van der Waals surface area (Å²) < 4.78 is 17.5. The summed E-state index contributed by atoms with van der Waals surface area (Å²) in [6.45, 7) is 0. The zero-order chi connectivity index (χ0) is 13.7. The Morgan fingerprint density at radius 3 is 2.21 bits per heavy atom. The van der Waals surface area contributed by atoms with Gasteiger partial charge in [-0.25, -0.2) is 4.79 Å². The van der Waals surface area contributed by atoms with Crippen LogP contribution in [-0.2, 0) is 11.2 Å². The Bertz CT molecular complexity index is 537. The number of halogens is 1. The fraction of sp³-hybridized carbons (Fsp3) is 0.133. The van der Waals surface area contributed by atoms with Gasteiger partial charge in [0.15, 0.2) is 0 Å². The molecule has 2 rings (SSSR count). The van der Waals surface area contributed by atoms with Gasteiger partial charge in [-0.1, -0.05) is 42.5 Å². The molecule has 0 saturated carbocycles. The lowest BCUT2D eigenvalue weighted by atomic mass is 10.1. The Kier molecular flexibility index (Phi) is 4.13. The average Bonchev–Trinajstić information content (AvgIpc) is 2.42. The second-order valence-corrected chi connectivity index (χ2v) is 4.08. The maximum absolute atomic E-state index is 12.8. The number of hydrogen-bond donors (Lipinski definition) is 1. The maximum atomic E-state index is 12.8. The van der Waals surface area contributed by atoms with Crippen molar-refractivity contribution in [2.75, 3.05) is 0 Å². The first kappa shape index (κ1) is 13.1. The minimum absolute atomic E-state index is 0.201. The summed E-state index contributed by atoms with van der Waals surface area (Å²) >= 11 is 0. The number of carboxylic acid groups (broad SMARTS) is 1. The summed E-state index contributed by atoms with van der Waals surface area (Å²) in [5, 5.41) is 8.39. The minimum atomic E-state index is -2.33. The molecule has 0 aliphatic heterocycles. The molecule has 0 heterocycles. The molecule has 98 valence electrons. The smallest absolute Gasteiger partial charge is 0.378 e. The zero-order valence-electron chi connectivity index (χ0n) is 10.1. The summed E-state index contributed by atoms with van der Waals surface area (Å²) in [4.78, 5) is 10.3. The predicted octanol–water partition coefficient (Wildman–Crippen LogP) is 3.04. The monoisotopic (exact) mass is 260 g/mol. The van der Waals surface area contributed by atoms with Crippen molar-refractivity contribution in [2.24, 2.45) is 0 Å². The number of aliphatic carboxylic acids is 1. The molecule has 19 heavy (non-hydrogen) atoms. The van der Waals surface area contributed by atoms with Gasteiger partial charge < -0.3 is 9.84 Å². The number of alkyl halides is 1. The van der Waals surface area contributed by atoms with E-state index in [4.69, 9.17) is 5.11 Å². The van der Waals surface area contributed by atoms with Gasteiger partial charge in [0.25, 0.3) is 0 Å². The van der Waals surface area contributed by atoms with Gasteiger partial charge in [-0.2, -0.15) is 4.39 Å². The predicted molar refractivity (Wildman–Crippen MR) is 68.8 cm³/mol. The van der Waals surface area contributed by atoms with Crippen molar-refractivity contribution in [1.82, 2.24) is 0 Å². The normalized spacial score (nSPS) is 11.8. The van der Waals surface area contributed by atoms with Crippen LogP contribution in [0.1, 0.15) is 11.1 Å². The van der Waals surface area contributed by atoms with Crippen LogP contribution in [0, 0.1) is 0 Å². The molecule has 1 atom stereocenters. The molecular weight excluding hydrogens is 247 g/mol. The fourth-order valence-corrected chi connectivity index (χ4v) is 1.69. The van der Waals surface area contributed by atoms with E-state index < -0.39 is 12.3 Å². The van der Waals surface area contributed by atoms with E-state index in [0.29, 0.717) is 0 Å². The summed E-state index contributed by atoms with van der Waals surface area (Å²) in [5.74, 6) is -1.43. The van der Waals surface area contributed by atoms with Gasteiger partial charge in [0, 0.05) is 0 Å². The van der Waals surface area contributed by atoms with Crippen LogP contribution in [0.2, 0.25) is 0 Å². The highest BCUT2D eigenvalue weighted by Crippen LogP contribution is 2.16. The standard InChI is InChI=1S/C15H13FO3/c16-14(15(17)18)19-13-8-6-12(7-9-13)10-11-4-2-1-3-5-11/h1-9,14H,10H2,(H,17,18). The lowest BCUT2D eigenvalue weighted by Gasteiger charge is -2.08. The first-order chi connectivity index (χ1) is 9.15. The molecule has 2 aromatic carbocycles. The molecule has 2 aromatic rings. The molecule has 0 bridgehead atoms. The zero-order valence-corrected chi connectivity index (χ0v) is 10.1. The van der Waals surface area contributed by atoms with Crippen molar-refractivity contribution in [1.29, 1.82) is 0 Å². The number of carboxylic acids is 1. The summed E-state index contributed by atoms with van der Waals surface area (Å²) in [5.41, 5.74) is 2.22. The van der Waals surface area contributed by atoms with E-state index in [2.05, 4.69) is 4.74 Å². The van der Waals surface area contributed by atoms with Crippen LogP contribution in [0.15, 0.2) is 54.6 Å². The highest BCUT2D eigenvalue weighted by molar-refractivity contribution is 5.70. The van der Waals surface area contributed by atoms with Crippen LogP contribution >= 0.6 is 0 Å². The molecule has 0 fully saturated rings. The largest absolute Gasteiger partial charge is 0.476 e. The van der Waals surface area contributed by atoms with Crippen molar-refractivity contribution in [3.8, 4) is 5.75 Å². The van der Waals surface area contributed by atoms with E-state index in [1.54, 1.807) is 24.3 Å². The van der Waals surface area contributed by atoms with Crippen molar-refractivity contribution >= 4 is 5.97 Å². The number of ether oxygens (including phenoxy) is 1. The van der Waals surface area contributed by atoms with Crippen LogP contribution in [-0.4, -0.2) is 17.4 Å². The molecule has 0 aromatic heterocycles. The quantitative estimate of drug-likeness (QED) is 0.898. The highest BCUT2D eigenvalue weighted by Gasteiger charge is 2.16. The number of hydrogen-bond acceptors (Lipinski definition) is 2. The van der Waals surface area contributed by atoms with Gasteiger partial charge in [0.05, 0.1) is 0 Å². The van der Waals surface area contributed by atoms with Crippen LogP contribution < -0.4 is 4.74 Å². The van der Waals surface area contributed by atoms with Crippen LogP contribution in [0.3, 0.4) is 0 Å². The molecule has 1 unspecified atom stereocenters.